The number of ether oxygens (including phenoxy) is 1. The molecule has 1 heterocycles. The first-order chi connectivity index (χ1) is 13.2. The molecule has 6 nitrogen and oxygen atoms in total. The molecule has 0 saturated carbocycles. The first-order valence-corrected chi connectivity index (χ1v) is 10.2. The smallest absolute Gasteiger partial charge is 0.191 e. The van der Waals surface area contributed by atoms with E-state index in [1.807, 2.05) is 7.05 Å². The summed E-state index contributed by atoms with van der Waals surface area (Å²) in [5.74, 6) is 0.856. The molecule has 1 aromatic carbocycles. The second kappa shape index (κ2) is 15.0. The average Bonchev–Trinajstić information content (AvgIpc) is 2.69. The van der Waals surface area contributed by atoms with E-state index in [0.29, 0.717) is 6.61 Å². The maximum atomic E-state index is 5.15. The monoisotopic (exact) mass is 503 g/mol. The summed E-state index contributed by atoms with van der Waals surface area (Å²) < 4.78 is 5.15. The molecule has 1 saturated heterocycles. The highest BCUT2D eigenvalue weighted by atomic mass is 127. The summed E-state index contributed by atoms with van der Waals surface area (Å²) in [7, 11) is 3.53. The Balaban J connectivity index is 0.00000392. The lowest BCUT2D eigenvalue weighted by molar-refractivity contribution is 0.126. The number of piperazine rings is 1. The molecule has 2 rings (SSSR count). The zero-order valence-corrected chi connectivity index (χ0v) is 20.0. The van der Waals surface area contributed by atoms with Crippen LogP contribution < -0.4 is 10.6 Å². The summed E-state index contributed by atoms with van der Waals surface area (Å²) in [6, 6.07) is 11.0. The number of benzene rings is 1. The van der Waals surface area contributed by atoms with Crippen LogP contribution in [0.3, 0.4) is 0 Å². The Morgan fingerprint density at radius 2 is 1.79 bits per heavy atom. The molecule has 0 radical (unpaired) electrons. The van der Waals surface area contributed by atoms with Gasteiger partial charge in [0.2, 0.25) is 0 Å². The van der Waals surface area contributed by atoms with Crippen molar-refractivity contribution in [2.75, 3.05) is 60.0 Å². The SMILES string of the molecule is CN=C(NCCCCN1CCN(Cc2ccccc2)CC1)NC(C)COC.I. The molecule has 0 bridgehead atoms. The van der Waals surface area contributed by atoms with Crippen molar-refractivity contribution in [3.63, 3.8) is 0 Å². The van der Waals surface area contributed by atoms with E-state index in [4.69, 9.17) is 4.74 Å². The highest BCUT2D eigenvalue weighted by molar-refractivity contribution is 14.0. The van der Waals surface area contributed by atoms with Crippen molar-refractivity contribution in [2.24, 2.45) is 4.99 Å². The zero-order valence-electron chi connectivity index (χ0n) is 17.7. The van der Waals surface area contributed by atoms with E-state index in [0.717, 1.165) is 25.5 Å². The Kier molecular flexibility index (Phi) is 13.5. The summed E-state index contributed by atoms with van der Waals surface area (Å²) in [6.07, 6.45) is 2.37. The first-order valence-electron chi connectivity index (χ1n) is 10.2. The van der Waals surface area contributed by atoms with E-state index in [2.05, 4.69) is 62.7 Å². The van der Waals surface area contributed by atoms with Gasteiger partial charge in [-0.25, -0.2) is 0 Å². The molecular formula is C21H38IN5O. The number of methoxy groups -OCH3 is 1. The standard InChI is InChI=1S/C21H37N5O.HI/c1-19(18-27-3)24-21(22-2)23-11-7-8-12-25-13-15-26(16-14-25)17-20-9-5-4-6-10-20;/h4-6,9-10,19H,7-8,11-18H2,1-3H3,(H2,22,23,24);1H. The fourth-order valence-electron chi connectivity index (χ4n) is 3.40. The lowest BCUT2D eigenvalue weighted by atomic mass is 10.2. The van der Waals surface area contributed by atoms with Crippen LogP contribution in [0.25, 0.3) is 0 Å². The second-order valence-corrected chi connectivity index (χ2v) is 7.31. The van der Waals surface area contributed by atoms with Crippen molar-refractivity contribution >= 4 is 29.9 Å². The van der Waals surface area contributed by atoms with Crippen LogP contribution in [0.4, 0.5) is 0 Å². The van der Waals surface area contributed by atoms with Gasteiger partial charge in [-0.1, -0.05) is 30.3 Å². The lowest BCUT2D eigenvalue weighted by Crippen LogP contribution is -2.46. The number of rotatable bonds is 10. The van der Waals surface area contributed by atoms with Gasteiger partial charge in [-0.15, -0.1) is 24.0 Å². The van der Waals surface area contributed by atoms with E-state index in [9.17, 15) is 0 Å². The number of nitrogens with one attached hydrogen (secondary N) is 2. The van der Waals surface area contributed by atoms with Gasteiger partial charge in [-0.2, -0.15) is 0 Å². The van der Waals surface area contributed by atoms with Gasteiger partial charge >= 0.3 is 0 Å². The van der Waals surface area contributed by atoms with Gasteiger partial charge in [0.05, 0.1) is 6.61 Å². The van der Waals surface area contributed by atoms with Gasteiger partial charge in [0.1, 0.15) is 0 Å². The van der Waals surface area contributed by atoms with E-state index >= 15 is 0 Å². The van der Waals surface area contributed by atoms with Crippen LogP contribution in [0, 0.1) is 0 Å². The molecule has 1 aliphatic rings. The molecule has 1 fully saturated rings. The number of hydrogen-bond acceptors (Lipinski definition) is 4. The Hall–Kier alpha value is -0.900. The molecule has 28 heavy (non-hydrogen) atoms. The topological polar surface area (TPSA) is 52.1 Å². The normalized spacial score (nSPS) is 17.0. The molecule has 0 aliphatic carbocycles. The molecular weight excluding hydrogens is 465 g/mol. The van der Waals surface area contributed by atoms with Gasteiger partial charge in [0.15, 0.2) is 5.96 Å². The Labute approximate surface area is 188 Å². The van der Waals surface area contributed by atoms with Crippen LogP contribution >= 0.6 is 24.0 Å². The number of nitrogens with zero attached hydrogens (tertiary/aromatic N) is 3. The minimum absolute atomic E-state index is 0. The molecule has 1 unspecified atom stereocenters. The summed E-state index contributed by atoms with van der Waals surface area (Å²) in [5, 5.41) is 6.72. The molecule has 1 atom stereocenters. The third-order valence-electron chi connectivity index (χ3n) is 4.93. The largest absolute Gasteiger partial charge is 0.383 e. The highest BCUT2D eigenvalue weighted by Gasteiger charge is 2.16. The summed E-state index contributed by atoms with van der Waals surface area (Å²) in [5.41, 5.74) is 1.42. The van der Waals surface area contributed by atoms with Crippen molar-refractivity contribution < 1.29 is 4.74 Å². The molecule has 1 aliphatic heterocycles. The quantitative estimate of drug-likeness (QED) is 0.222. The number of hydrogen-bond donors (Lipinski definition) is 2. The molecule has 0 aromatic heterocycles. The Bertz CT molecular complexity index is 535. The predicted molar refractivity (Wildman–Crippen MR) is 129 cm³/mol. The number of halogens is 1. The molecule has 1 aromatic rings. The Morgan fingerprint density at radius 3 is 2.43 bits per heavy atom. The summed E-state index contributed by atoms with van der Waals surface area (Å²) in [4.78, 5) is 9.42. The number of guanidine groups is 1. The average molecular weight is 503 g/mol. The predicted octanol–water partition coefficient (Wildman–Crippen LogP) is 2.40. The maximum absolute atomic E-state index is 5.15. The van der Waals surface area contributed by atoms with Crippen LogP contribution in [0.1, 0.15) is 25.3 Å². The van der Waals surface area contributed by atoms with Crippen LogP contribution in [-0.2, 0) is 11.3 Å². The molecule has 2 N–H and O–H groups in total. The van der Waals surface area contributed by atoms with E-state index < -0.39 is 0 Å². The Morgan fingerprint density at radius 1 is 1.11 bits per heavy atom. The van der Waals surface area contributed by atoms with Crippen molar-refractivity contribution in [1.82, 2.24) is 20.4 Å². The van der Waals surface area contributed by atoms with Crippen LogP contribution in [0.2, 0.25) is 0 Å². The zero-order chi connectivity index (χ0) is 19.3. The fourth-order valence-corrected chi connectivity index (χ4v) is 3.40. The highest BCUT2D eigenvalue weighted by Crippen LogP contribution is 2.08. The summed E-state index contributed by atoms with van der Waals surface area (Å²) >= 11 is 0. The van der Waals surface area contributed by atoms with Gasteiger partial charge < -0.3 is 20.3 Å². The minimum Gasteiger partial charge on any atom is -0.383 e. The minimum atomic E-state index is 0. The van der Waals surface area contributed by atoms with Crippen molar-refractivity contribution in [3.05, 3.63) is 35.9 Å². The number of aliphatic imine (C=N–C) groups is 1. The fraction of sp³-hybridized carbons (Fsp3) is 0.667. The van der Waals surface area contributed by atoms with Crippen LogP contribution in [0.15, 0.2) is 35.3 Å². The maximum Gasteiger partial charge on any atom is 0.191 e. The van der Waals surface area contributed by atoms with Crippen molar-refractivity contribution in [2.45, 2.75) is 32.4 Å². The lowest BCUT2D eigenvalue weighted by Gasteiger charge is -2.34. The van der Waals surface area contributed by atoms with Gasteiger partial charge in [-0.05, 0) is 31.9 Å². The van der Waals surface area contributed by atoms with Gasteiger partial charge in [-0.3, -0.25) is 9.89 Å². The molecule has 7 heteroatoms. The van der Waals surface area contributed by atoms with Gasteiger partial charge in [0.25, 0.3) is 0 Å². The van der Waals surface area contributed by atoms with Gasteiger partial charge in [0, 0.05) is 59.5 Å². The molecule has 160 valence electrons. The molecule has 0 spiro atoms. The van der Waals surface area contributed by atoms with E-state index in [1.165, 1.54) is 44.7 Å². The van der Waals surface area contributed by atoms with E-state index in [-0.39, 0.29) is 30.0 Å². The molecule has 0 amide bonds. The van der Waals surface area contributed by atoms with Crippen LogP contribution in [-0.4, -0.2) is 81.8 Å². The van der Waals surface area contributed by atoms with E-state index in [1.54, 1.807) is 7.11 Å². The summed E-state index contributed by atoms with van der Waals surface area (Å²) in [6.45, 7) is 10.7. The third-order valence-corrected chi connectivity index (χ3v) is 4.93. The first kappa shape index (κ1) is 25.1. The van der Waals surface area contributed by atoms with Crippen molar-refractivity contribution in [3.8, 4) is 0 Å². The second-order valence-electron chi connectivity index (χ2n) is 7.31. The van der Waals surface area contributed by atoms with Crippen LogP contribution in [0.5, 0.6) is 0 Å². The third kappa shape index (κ3) is 10.0. The van der Waals surface area contributed by atoms with Crippen molar-refractivity contribution in [1.29, 1.82) is 0 Å². The number of unbranched alkanes of at least 4 members (excludes halogenated alkanes) is 1.